The summed E-state index contributed by atoms with van der Waals surface area (Å²) in [5.74, 6) is 0.315. The van der Waals surface area contributed by atoms with E-state index in [9.17, 15) is 8.42 Å². The number of hydrogen-bond donors (Lipinski definition) is 1. The van der Waals surface area contributed by atoms with Gasteiger partial charge in [0.1, 0.15) is 5.84 Å². The summed E-state index contributed by atoms with van der Waals surface area (Å²) in [5, 5.41) is 0.481. The maximum Gasteiger partial charge on any atom is 0.263 e. The predicted octanol–water partition coefficient (Wildman–Crippen LogP) is 3.54. The van der Waals surface area contributed by atoms with E-state index >= 15 is 0 Å². The first kappa shape index (κ1) is 19.3. The number of hydrogen-bond acceptors (Lipinski definition) is 4. The van der Waals surface area contributed by atoms with Crippen LogP contribution in [0.1, 0.15) is 19.4 Å². The Morgan fingerprint density at radius 3 is 2.08 bits per heavy atom. The summed E-state index contributed by atoms with van der Waals surface area (Å²) in [7, 11) is 0.145. The molecule has 0 unspecified atom stereocenters. The van der Waals surface area contributed by atoms with Crippen LogP contribution in [0, 0.1) is 0 Å². The van der Waals surface area contributed by atoms with Gasteiger partial charge < -0.3 is 4.90 Å². The van der Waals surface area contributed by atoms with Crippen molar-refractivity contribution in [1.82, 2.24) is 4.72 Å². The lowest BCUT2D eigenvalue weighted by Gasteiger charge is -2.15. The third-order valence-corrected chi connectivity index (χ3v) is 5.01. The molecule has 0 radical (unpaired) electrons. The van der Waals surface area contributed by atoms with Gasteiger partial charge in [0, 0.05) is 36.4 Å². The lowest BCUT2D eigenvalue weighted by atomic mass is 10.2. The van der Waals surface area contributed by atoms with Crippen molar-refractivity contribution in [3.8, 4) is 0 Å². The zero-order valence-electron chi connectivity index (χ0n) is 14.7. The SMILES string of the molecule is CC(C)N=C(NS(=O)(=O)c1ccc(Cl)cc1)c1ccc(N(C)C)cc1. The standard InChI is InChI=1S/C18H22ClN3O2S/c1-13(2)20-18(14-5-9-16(10-6-14)22(3)4)21-25(23,24)17-11-7-15(19)8-12-17/h5-13H,1-4H3,(H,20,21). The van der Waals surface area contributed by atoms with E-state index in [0.29, 0.717) is 16.4 Å². The van der Waals surface area contributed by atoms with Gasteiger partial charge in [-0.25, -0.2) is 8.42 Å². The minimum atomic E-state index is -3.75. The molecule has 1 N–H and O–H groups in total. The second-order valence-electron chi connectivity index (χ2n) is 6.07. The molecule has 0 saturated heterocycles. The van der Waals surface area contributed by atoms with Crippen molar-refractivity contribution in [1.29, 1.82) is 0 Å². The highest BCUT2D eigenvalue weighted by molar-refractivity contribution is 7.90. The third kappa shape index (κ3) is 5.21. The Kier molecular flexibility index (Phi) is 6.08. The Labute approximate surface area is 154 Å². The summed E-state index contributed by atoms with van der Waals surface area (Å²) >= 11 is 5.83. The molecule has 0 fully saturated rings. The van der Waals surface area contributed by atoms with Crippen molar-refractivity contribution < 1.29 is 8.42 Å². The van der Waals surface area contributed by atoms with Crippen LogP contribution in [0.5, 0.6) is 0 Å². The molecule has 0 spiro atoms. The topological polar surface area (TPSA) is 61.8 Å². The van der Waals surface area contributed by atoms with Crippen molar-refractivity contribution in [2.75, 3.05) is 19.0 Å². The van der Waals surface area contributed by atoms with Gasteiger partial charge in [0.25, 0.3) is 10.0 Å². The molecule has 0 atom stereocenters. The zero-order chi connectivity index (χ0) is 18.6. The molecule has 134 valence electrons. The number of aliphatic imine (C=N–C) groups is 1. The highest BCUT2D eigenvalue weighted by Crippen LogP contribution is 2.16. The van der Waals surface area contributed by atoms with Gasteiger partial charge in [-0.2, -0.15) is 0 Å². The summed E-state index contributed by atoms with van der Waals surface area (Å²) in [6, 6.07) is 13.5. The number of benzene rings is 2. The molecule has 0 bridgehead atoms. The van der Waals surface area contributed by atoms with E-state index in [-0.39, 0.29) is 10.9 Å². The van der Waals surface area contributed by atoms with Crippen LogP contribution in [-0.2, 0) is 10.0 Å². The number of nitrogens with one attached hydrogen (secondary N) is 1. The molecule has 25 heavy (non-hydrogen) atoms. The van der Waals surface area contributed by atoms with Crippen LogP contribution in [0.4, 0.5) is 5.69 Å². The fraction of sp³-hybridized carbons (Fsp3) is 0.278. The zero-order valence-corrected chi connectivity index (χ0v) is 16.3. The van der Waals surface area contributed by atoms with Crippen molar-refractivity contribution >= 4 is 33.1 Å². The number of nitrogens with zero attached hydrogens (tertiary/aromatic N) is 2. The average molecular weight is 380 g/mol. The molecular weight excluding hydrogens is 358 g/mol. The lowest BCUT2D eigenvalue weighted by Crippen LogP contribution is -2.32. The predicted molar refractivity (Wildman–Crippen MR) is 104 cm³/mol. The van der Waals surface area contributed by atoms with E-state index in [1.54, 1.807) is 12.1 Å². The van der Waals surface area contributed by atoms with Crippen LogP contribution in [0.25, 0.3) is 0 Å². The monoisotopic (exact) mass is 379 g/mol. The lowest BCUT2D eigenvalue weighted by molar-refractivity contribution is 0.592. The molecule has 2 aromatic carbocycles. The van der Waals surface area contributed by atoms with E-state index < -0.39 is 10.0 Å². The molecule has 0 aliphatic rings. The van der Waals surface area contributed by atoms with Crippen LogP contribution >= 0.6 is 11.6 Å². The fourth-order valence-corrected chi connectivity index (χ4v) is 3.30. The minimum Gasteiger partial charge on any atom is -0.378 e. The Morgan fingerprint density at radius 2 is 1.60 bits per heavy atom. The summed E-state index contributed by atoms with van der Waals surface area (Å²) in [5.41, 5.74) is 1.73. The van der Waals surface area contributed by atoms with Crippen LogP contribution in [0.15, 0.2) is 58.4 Å². The largest absolute Gasteiger partial charge is 0.378 e. The van der Waals surface area contributed by atoms with Crippen molar-refractivity contribution in [2.24, 2.45) is 4.99 Å². The summed E-state index contributed by atoms with van der Waals surface area (Å²) in [4.78, 5) is 6.55. The van der Waals surface area contributed by atoms with Crippen LogP contribution in [0.2, 0.25) is 5.02 Å². The van der Waals surface area contributed by atoms with Crippen LogP contribution < -0.4 is 9.62 Å². The van der Waals surface area contributed by atoms with E-state index in [0.717, 1.165) is 5.69 Å². The second kappa shape index (κ2) is 7.89. The van der Waals surface area contributed by atoms with Gasteiger partial charge in [-0.05, 0) is 62.4 Å². The molecule has 2 aromatic rings. The molecule has 0 aliphatic carbocycles. The molecule has 0 saturated carbocycles. The highest BCUT2D eigenvalue weighted by atomic mass is 35.5. The molecule has 0 aliphatic heterocycles. The highest BCUT2D eigenvalue weighted by Gasteiger charge is 2.18. The number of rotatable bonds is 5. The fourth-order valence-electron chi connectivity index (χ4n) is 2.14. The van der Waals surface area contributed by atoms with Gasteiger partial charge in [0.15, 0.2) is 0 Å². The van der Waals surface area contributed by atoms with Gasteiger partial charge in [-0.1, -0.05) is 11.6 Å². The van der Waals surface area contributed by atoms with Gasteiger partial charge in [-0.15, -0.1) is 0 Å². The molecule has 5 nitrogen and oxygen atoms in total. The first-order valence-electron chi connectivity index (χ1n) is 7.83. The maximum atomic E-state index is 12.6. The Morgan fingerprint density at radius 1 is 1.04 bits per heavy atom. The molecule has 0 amide bonds. The van der Waals surface area contributed by atoms with Gasteiger partial charge >= 0.3 is 0 Å². The second-order valence-corrected chi connectivity index (χ2v) is 8.19. The van der Waals surface area contributed by atoms with Crippen molar-refractivity contribution in [3.05, 3.63) is 59.1 Å². The Bertz CT molecular complexity index is 843. The van der Waals surface area contributed by atoms with E-state index in [1.165, 1.54) is 12.1 Å². The summed E-state index contributed by atoms with van der Waals surface area (Å²) in [6.07, 6.45) is 0. The summed E-state index contributed by atoms with van der Waals surface area (Å²) < 4.78 is 27.9. The number of anilines is 1. The average Bonchev–Trinajstić information content (AvgIpc) is 2.54. The van der Waals surface area contributed by atoms with E-state index in [2.05, 4.69) is 9.71 Å². The van der Waals surface area contributed by atoms with Crippen LogP contribution in [-0.4, -0.2) is 34.4 Å². The van der Waals surface area contributed by atoms with E-state index in [1.807, 2.05) is 57.1 Å². The normalized spacial score (nSPS) is 12.3. The smallest absolute Gasteiger partial charge is 0.263 e. The number of halogens is 1. The number of amidine groups is 1. The van der Waals surface area contributed by atoms with E-state index in [4.69, 9.17) is 11.6 Å². The van der Waals surface area contributed by atoms with Gasteiger partial charge in [-0.3, -0.25) is 9.71 Å². The molecule has 7 heteroatoms. The molecular formula is C18H22ClN3O2S. The minimum absolute atomic E-state index is 0.0588. The van der Waals surface area contributed by atoms with Crippen molar-refractivity contribution in [2.45, 2.75) is 24.8 Å². The van der Waals surface area contributed by atoms with Crippen molar-refractivity contribution in [3.63, 3.8) is 0 Å². The molecule has 0 heterocycles. The first-order chi connectivity index (χ1) is 11.7. The maximum absolute atomic E-state index is 12.6. The number of sulfonamides is 1. The molecule has 2 rings (SSSR count). The van der Waals surface area contributed by atoms with Gasteiger partial charge in [0.2, 0.25) is 0 Å². The molecule has 0 aromatic heterocycles. The third-order valence-electron chi connectivity index (χ3n) is 3.40. The van der Waals surface area contributed by atoms with Crippen LogP contribution in [0.3, 0.4) is 0 Å². The Hall–Kier alpha value is -2.05. The quantitative estimate of drug-likeness (QED) is 0.638. The first-order valence-corrected chi connectivity index (χ1v) is 9.69. The summed E-state index contributed by atoms with van der Waals surface area (Å²) in [6.45, 7) is 3.79. The Balaban J connectivity index is 2.37. The van der Waals surface area contributed by atoms with Gasteiger partial charge in [0.05, 0.1) is 4.90 Å².